The Morgan fingerprint density at radius 1 is 1.14 bits per heavy atom. The van der Waals surface area contributed by atoms with Crippen molar-refractivity contribution >= 4 is 47.2 Å². The Morgan fingerprint density at radius 2 is 1.90 bits per heavy atom. The smallest absolute Gasteiger partial charge is 0.246 e. The molecule has 0 atom stereocenters. The summed E-state index contributed by atoms with van der Waals surface area (Å²) < 4.78 is 10.6. The van der Waals surface area contributed by atoms with E-state index < -0.39 is 0 Å². The Kier molecular flexibility index (Phi) is 8.56. The number of halogens is 1. The van der Waals surface area contributed by atoms with Gasteiger partial charge in [-0.2, -0.15) is 0 Å². The highest BCUT2D eigenvalue weighted by Gasteiger charge is 2.22. The van der Waals surface area contributed by atoms with Crippen LogP contribution in [-0.4, -0.2) is 46.2 Å². The quantitative estimate of drug-likeness (QED) is 0.367. The molecule has 0 saturated heterocycles. The number of benzene rings is 2. The molecule has 3 rings (SSSR count). The fourth-order valence-electron chi connectivity index (χ4n) is 3.28. The number of rotatable bonds is 5. The number of carbonyl (C=O) groups is 1. The van der Waals surface area contributed by atoms with Gasteiger partial charge in [-0.3, -0.25) is 9.79 Å². The topological polar surface area (TPSA) is 75.2 Å². The fraction of sp³-hybridized carbons (Fsp3) is 0.333. The second-order valence-corrected chi connectivity index (χ2v) is 6.40. The first-order chi connectivity index (χ1) is 13.7. The molecule has 2 aromatic rings. The number of hydrogen-bond donors (Lipinski definition) is 2. The van der Waals surface area contributed by atoms with Gasteiger partial charge in [-0.25, -0.2) is 0 Å². The monoisotopic (exact) mass is 510 g/mol. The minimum Gasteiger partial charge on any atom is -0.493 e. The molecule has 1 heterocycles. The van der Waals surface area contributed by atoms with E-state index in [0.717, 1.165) is 30.8 Å². The number of fused-ring (bicyclic) bond motifs is 1. The summed E-state index contributed by atoms with van der Waals surface area (Å²) in [6.45, 7) is 0.889. The Hall–Kier alpha value is -2.49. The van der Waals surface area contributed by atoms with Gasteiger partial charge in [0.1, 0.15) is 0 Å². The van der Waals surface area contributed by atoms with Crippen LogP contribution in [0.5, 0.6) is 11.5 Å². The lowest BCUT2D eigenvalue weighted by molar-refractivity contribution is -0.117. The third-order valence-corrected chi connectivity index (χ3v) is 4.69. The van der Waals surface area contributed by atoms with Crippen LogP contribution in [-0.2, 0) is 11.2 Å². The first-order valence-corrected chi connectivity index (χ1v) is 9.24. The normalized spacial score (nSPS) is 13.1. The zero-order valence-electron chi connectivity index (χ0n) is 16.9. The molecule has 0 bridgehead atoms. The number of aliphatic imine (C=N–C) groups is 1. The molecule has 29 heavy (non-hydrogen) atoms. The Balaban J connectivity index is 0.00000300. The van der Waals surface area contributed by atoms with Gasteiger partial charge in [0.2, 0.25) is 5.91 Å². The number of carbonyl (C=O) groups excluding carboxylic acids is 1. The van der Waals surface area contributed by atoms with Crippen LogP contribution in [0.15, 0.2) is 47.5 Å². The van der Waals surface area contributed by atoms with E-state index in [2.05, 4.69) is 21.7 Å². The van der Waals surface area contributed by atoms with Crippen LogP contribution in [0.1, 0.15) is 12.0 Å². The molecule has 0 aromatic heterocycles. The molecule has 2 aromatic carbocycles. The summed E-state index contributed by atoms with van der Waals surface area (Å²) in [5, 5.41) is 6.25. The highest BCUT2D eigenvalue weighted by Crippen LogP contribution is 2.29. The molecule has 156 valence electrons. The van der Waals surface area contributed by atoms with Crippen molar-refractivity contribution in [2.75, 3.05) is 44.6 Å². The summed E-state index contributed by atoms with van der Waals surface area (Å²) in [6, 6.07) is 13.5. The number of amides is 1. The van der Waals surface area contributed by atoms with Gasteiger partial charge in [0.15, 0.2) is 17.5 Å². The van der Waals surface area contributed by atoms with Crippen LogP contribution in [0.25, 0.3) is 0 Å². The van der Waals surface area contributed by atoms with Crippen molar-refractivity contribution in [3.05, 3.63) is 48.0 Å². The predicted octanol–water partition coefficient (Wildman–Crippen LogP) is 3.29. The van der Waals surface area contributed by atoms with Gasteiger partial charge >= 0.3 is 0 Å². The minimum absolute atomic E-state index is 0. The van der Waals surface area contributed by atoms with E-state index in [9.17, 15) is 4.79 Å². The second kappa shape index (κ2) is 10.9. The van der Waals surface area contributed by atoms with E-state index in [0.29, 0.717) is 17.5 Å². The van der Waals surface area contributed by atoms with Crippen LogP contribution < -0.4 is 25.0 Å². The van der Waals surface area contributed by atoms with E-state index >= 15 is 0 Å². The first-order valence-electron chi connectivity index (χ1n) is 9.24. The summed E-state index contributed by atoms with van der Waals surface area (Å²) in [5.74, 6) is 1.78. The van der Waals surface area contributed by atoms with Gasteiger partial charge in [0.25, 0.3) is 0 Å². The van der Waals surface area contributed by atoms with Crippen molar-refractivity contribution in [3.8, 4) is 11.5 Å². The number of aryl methyl sites for hydroxylation is 1. The molecule has 1 aliphatic rings. The van der Waals surface area contributed by atoms with Crippen molar-refractivity contribution in [1.29, 1.82) is 0 Å². The van der Waals surface area contributed by atoms with E-state index in [1.165, 1.54) is 5.56 Å². The maximum absolute atomic E-state index is 12.8. The standard InChI is InChI=1S/C21H26N4O3.HI/c1-22-21(24-16-10-11-18(27-2)19(13-16)28-3)23-14-20(26)25-12-6-8-15-7-4-5-9-17(15)25;/h4-5,7,9-11,13H,6,8,12,14H2,1-3H3,(H2,22,23,24);1H. The maximum atomic E-state index is 12.8. The minimum atomic E-state index is 0. The largest absolute Gasteiger partial charge is 0.493 e. The number of ether oxygens (including phenoxy) is 2. The molecular weight excluding hydrogens is 483 g/mol. The average Bonchev–Trinajstić information content (AvgIpc) is 2.75. The summed E-state index contributed by atoms with van der Waals surface area (Å²) in [6.07, 6.45) is 1.98. The van der Waals surface area contributed by atoms with Gasteiger partial charge < -0.3 is 25.0 Å². The third kappa shape index (κ3) is 5.53. The van der Waals surface area contributed by atoms with E-state index in [1.807, 2.05) is 41.3 Å². The fourth-order valence-corrected chi connectivity index (χ4v) is 3.28. The molecule has 0 aliphatic carbocycles. The van der Waals surface area contributed by atoms with Crippen LogP contribution >= 0.6 is 24.0 Å². The van der Waals surface area contributed by atoms with Crippen LogP contribution in [0.3, 0.4) is 0 Å². The van der Waals surface area contributed by atoms with Gasteiger partial charge in [-0.15, -0.1) is 24.0 Å². The molecule has 1 aliphatic heterocycles. The maximum Gasteiger partial charge on any atom is 0.246 e. The number of anilines is 2. The van der Waals surface area contributed by atoms with Crippen molar-refractivity contribution < 1.29 is 14.3 Å². The van der Waals surface area contributed by atoms with Crippen molar-refractivity contribution in [2.24, 2.45) is 4.99 Å². The molecule has 0 saturated carbocycles. The van der Waals surface area contributed by atoms with Crippen molar-refractivity contribution in [1.82, 2.24) is 5.32 Å². The second-order valence-electron chi connectivity index (χ2n) is 6.40. The molecule has 0 radical (unpaired) electrons. The Bertz CT molecular complexity index is 873. The Labute approximate surface area is 188 Å². The lowest BCUT2D eigenvalue weighted by atomic mass is 10.0. The summed E-state index contributed by atoms with van der Waals surface area (Å²) in [7, 11) is 4.84. The van der Waals surface area contributed by atoms with Crippen LogP contribution in [0, 0.1) is 0 Å². The SMILES string of the molecule is CN=C(NCC(=O)N1CCCc2ccccc21)Nc1ccc(OC)c(OC)c1.I. The van der Waals surface area contributed by atoms with Crippen molar-refractivity contribution in [3.63, 3.8) is 0 Å². The summed E-state index contributed by atoms with van der Waals surface area (Å²) in [4.78, 5) is 18.8. The van der Waals surface area contributed by atoms with Gasteiger partial charge in [-0.05, 0) is 36.6 Å². The number of para-hydroxylation sites is 1. The van der Waals surface area contributed by atoms with Crippen molar-refractivity contribution in [2.45, 2.75) is 12.8 Å². The molecular formula is C21H27IN4O3. The molecule has 8 heteroatoms. The van der Waals surface area contributed by atoms with Crippen LogP contribution in [0.2, 0.25) is 0 Å². The number of nitrogens with zero attached hydrogens (tertiary/aromatic N) is 2. The highest BCUT2D eigenvalue weighted by atomic mass is 127. The number of methoxy groups -OCH3 is 2. The highest BCUT2D eigenvalue weighted by molar-refractivity contribution is 14.0. The van der Waals surface area contributed by atoms with E-state index in [1.54, 1.807) is 21.3 Å². The molecule has 7 nitrogen and oxygen atoms in total. The predicted molar refractivity (Wildman–Crippen MR) is 127 cm³/mol. The molecule has 0 fully saturated rings. The van der Waals surface area contributed by atoms with E-state index in [-0.39, 0.29) is 36.4 Å². The van der Waals surface area contributed by atoms with E-state index in [4.69, 9.17) is 9.47 Å². The molecule has 0 spiro atoms. The summed E-state index contributed by atoms with van der Waals surface area (Å²) >= 11 is 0. The summed E-state index contributed by atoms with van der Waals surface area (Å²) in [5.41, 5.74) is 3.00. The number of nitrogens with one attached hydrogen (secondary N) is 2. The average molecular weight is 510 g/mol. The molecule has 1 amide bonds. The lowest BCUT2D eigenvalue weighted by Gasteiger charge is -2.29. The third-order valence-electron chi connectivity index (χ3n) is 4.69. The van der Waals surface area contributed by atoms with Gasteiger partial charge in [0.05, 0.1) is 20.8 Å². The number of guanidine groups is 1. The van der Waals surface area contributed by atoms with Gasteiger partial charge in [-0.1, -0.05) is 18.2 Å². The Morgan fingerprint density at radius 3 is 2.62 bits per heavy atom. The molecule has 0 unspecified atom stereocenters. The molecule has 2 N–H and O–H groups in total. The zero-order chi connectivity index (χ0) is 19.9. The lowest BCUT2D eigenvalue weighted by Crippen LogP contribution is -2.44. The number of hydrogen-bond acceptors (Lipinski definition) is 4. The van der Waals surface area contributed by atoms with Crippen LogP contribution in [0.4, 0.5) is 11.4 Å². The van der Waals surface area contributed by atoms with Gasteiger partial charge in [0, 0.05) is 31.0 Å². The zero-order valence-corrected chi connectivity index (χ0v) is 19.2. The first kappa shape index (κ1) is 22.8.